The molecule has 0 saturated carbocycles. The van der Waals surface area contributed by atoms with E-state index in [2.05, 4.69) is 15.5 Å². The zero-order valence-corrected chi connectivity index (χ0v) is 22.8. The van der Waals surface area contributed by atoms with E-state index in [1.807, 2.05) is 63.2 Å². The molecule has 2 atom stereocenters. The molecular weight excluding hydrogens is 523 g/mol. The van der Waals surface area contributed by atoms with E-state index >= 15 is 0 Å². The van der Waals surface area contributed by atoms with E-state index in [0.717, 1.165) is 22.4 Å². The molecule has 1 amide bonds. The second-order valence-electron chi connectivity index (χ2n) is 10.3. The number of halogens is 2. The van der Waals surface area contributed by atoms with E-state index in [9.17, 15) is 9.59 Å². The Morgan fingerprint density at radius 1 is 0.974 bits per heavy atom. The number of ketones is 1. The summed E-state index contributed by atoms with van der Waals surface area (Å²) in [6, 6.07) is 16.1. The van der Waals surface area contributed by atoms with Gasteiger partial charge in [-0.15, -0.1) is 0 Å². The fraction of sp³-hybridized carbons (Fsp3) is 0.241. The highest BCUT2D eigenvalue weighted by Crippen LogP contribution is 2.45. The van der Waals surface area contributed by atoms with E-state index in [-0.39, 0.29) is 17.6 Å². The Morgan fingerprint density at radius 3 is 2.29 bits per heavy atom. The van der Waals surface area contributed by atoms with E-state index < -0.39 is 17.6 Å². The lowest BCUT2D eigenvalue weighted by Gasteiger charge is -2.25. The Labute approximate surface area is 230 Å². The number of hydrogen-bond donors (Lipinski definition) is 2. The van der Waals surface area contributed by atoms with Gasteiger partial charge in [0.1, 0.15) is 6.04 Å². The topological polar surface area (TPSA) is 97.0 Å². The van der Waals surface area contributed by atoms with Crippen molar-refractivity contribution in [1.29, 1.82) is 0 Å². The minimum Gasteiger partial charge on any atom is -0.463 e. The van der Waals surface area contributed by atoms with Crippen LogP contribution in [0.25, 0.3) is 33.6 Å². The summed E-state index contributed by atoms with van der Waals surface area (Å²) in [5, 5.41) is 10.9. The van der Waals surface area contributed by atoms with Crippen molar-refractivity contribution in [1.82, 2.24) is 20.5 Å². The van der Waals surface area contributed by atoms with Crippen molar-refractivity contribution >= 4 is 34.9 Å². The number of pyridine rings is 1. The number of nitrogens with zero attached hydrogens (tertiary/aromatic N) is 2. The van der Waals surface area contributed by atoms with Crippen LogP contribution in [-0.2, 0) is 9.59 Å². The van der Waals surface area contributed by atoms with E-state index in [0.29, 0.717) is 26.9 Å². The molecule has 0 spiro atoms. The van der Waals surface area contributed by atoms with E-state index in [1.165, 1.54) is 6.92 Å². The summed E-state index contributed by atoms with van der Waals surface area (Å²) in [6.07, 6.45) is 0.767. The van der Waals surface area contributed by atoms with Gasteiger partial charge in [-0.25, -0.2) is 4.98 Å². The van der Waals surface area contributed by atoms with Crippen LogP contribution in [0.4, 0.5) is 0 Å². The summed E-state index contributed by atoms with van der Waals surface area (Å²) in [5.74, 6) is -0.119. The molecule has 1 aliphatic heterocycles. The Balaban J connectivity index is 1.69. The number of ether oxygens (including phenoxy) is 1. The van der Waals surface area contributed by atoms with Gasteiger partial charge in [-0.2, -0.15) is 5.10 Å². The third-order valence-electron chi connectivity index (χ3n) is 6.44. The van der Waals surface area contributed by atoms with Crippen LogP contribution < -0.4 is 10.1 Å². The number of carbonyl (C=O) groups excluding carboxylic acids is 2. The highest BCUT2D eigenvalue weighted by atomic mass is 35.5. The number of aromatic amines is 1. The van der Waals surface area contributed by atoms with Gasteiger partial charge in [0.2, 0.25) is 11.8 Å². The number of hydrogen-bond acceptors (Lipinski definition) is 5. The fourth-order valence-electron chi connectivity index (χ4n) is 4.53. The minimum absolute atomic E-state index is 0.134. The van der Waals surface area contributed by atoms with Crippen LogP contribution in [-0.4, -0.2) is 33.0 Å². The van der Waals surface area contributed by atoms with Crippen molar-refractivity contribution in [2.24, 2.45) is 5.41 Å². The molecule has 5 rings (SSSR count). The fourth-order valence-corrected chi connectivity index (χ4v) is 4.93. The molecule has 0 bridgehead atoms. The van der Waals surface area contributed by atoms with Gasteiger partial charge in [-0.3, -0.25) is 14.7 Å². The molecule has 0 fully saturated rings. The van der Waals surface area contributed by atoms with Crippen LogP contribution in [0.2, 0.25) is 10.0 Å². The van der Waals surface area contributed by atoms with Crippen molar-refractivity contribution in [3.05, 3.63) is 76.4 Å². The second-order valence-corrected chi connectivity index (χ2v) is 11.1. The van der Waals surface area contributed by atoms with Crippen molar-refractivity contribution in [2.45, 2.75) is 39.8 Å². The molecule has 1 aliphatic rings. The van der Waals surface area contributed by atoms with Crippen LogP contribution in [0.5, 0.6) is 5.88 Å². The highest BCUT2D eigenvalue weighted by Gasteiger charge is 2.45. The van der Waals surface area contributed by atoms with Gasteiger partial charge in [-0.05, 0) is 35.9 Å². The summed E-state index contributed by atoms with van der Waals surface area (Å²) in [7, 11) is 0. The van der Waals surface area contributed by atoms with Crippen LogP contribution in [0.3, 0.4) is 0 Å². The van der Waals surface area contributed by atoms with Gasteiger partial charge >= 0.3 is 0 Å². The zero-order chi connectivity index (χ0) is 27.2. The molecule has 0 saturated heterocycles. The number of fused-ring (bicyclic) bond motifs is 1. The molecule has 2 N–H and O–H groups in total. The first-order valence-corrected chi connectivity index (χ1v) is 12.9. The number of nitrogens with one attached hydrogen (secondary N) is 2. The molecule has 9 heteroatoms. The molecule has 7 nitrogen and oxygen atoms in total. The first kappa shape index (κ1) is 25.9. The summed E-state index contributed by atoms with van der Waals surface area (Å²) in [5.41, 5.74) is 4.54. The Morgan fingerprint density at radius 2 is 1.68 bits per heavy atom. The Bertz CT molecular complexity index is 1530. The summed E-state index contributed by atoms with van der Waals surface area (Å²) in [6.45, 7) is 6.89. The average Bonchev–Trinajstić information content (AvgIpc) is 3.51. The van der Waals surface area contributed by atoms with Crippen molar-refractivity contribution in [2.75, 3.05) is 0 Å². The summed E-state index contributed by atoms with van der Waals surface area (Å²) >= 11 is 13.0. The predicted molar refractivity (Wildman–Crippen MR) is 148 cm³/mol. The SMILES string of the molecule is CC(=O)NC1c2cc(-c3ccc(Cl)cc3)c(-c3ccc(-c4ccn[nH]4)cc3Cl)nc2OC1C(=O)C(C)(C)C. The highest BCUT2D eigenvalue weighted by molar-refractivity contribution is 6.33. The largest absolute Gasteiger partial charge is 0.463 e. The van der Waals surface area contributed by atoms with Gasteiger partial charge in [0, 0.05) is 45.8 Å². The summed E-state index contributed by atoms with van der Waals surface area (Å²) in [4.78, 5) is 30.4. The maximum atomic E-state index is 13.3. The number of Topliss-reactive ketones (excluding diaryl/α,β-unsaturated/α-hetero) is 1. The number of H-pyrrole nitrogens is 1. The number of rotatable bonds is 5. The molecule has 3 heterocycles. The lowest BCUT2D eigenvalue weighted by atomic mass is 9.84. The smallest absolute Gasteiger partial charge is 0.220 e. The molecule has 4 aromatic rings. The lowest BCUT2D eigenvalue weighted by Crippen LogP contribution is -2.43. The standard InChI is InChI=1S/C29H26Cl2N4O3/c1-15(36)33-25-21-14-20(16-5-8-18(30)9-6-16)24(34-28(21)38-26(25)27(37)29(2,3)4)19-10-7-17(13-22(19)31)23-11-12-32-35-23/h5-14,25-26H,1-4H3,(H,32,35)(H,33,36). The van der Waals surface area contributed by atoms with Crippen LogP contribution in [0.15, 0.2) is 60.8 Å². The number of benzene rings is 2. The van der Waals surface area contributed by atoms with Gasteiger partial charge < -0.3 is 10.1 Å². The lowest BCUT2D eigenvalue weighted by molar-refractivity contribution is -0.134. The Hall–Kier alpha value is -3.68. The zero-order valence-electron chi connectivity index (χ0n) is 21.3. The maximum Gasteiger partial charge on any atom is 0.220 e. The third kappa shape index (κ3) is 4.91. The number of carbonyl (C=O) groups is 2. The molecule has 2 aromatic heterocycles. The molecule has 0 aliphatic carbocycles. The van der Waals surface area contributed by atoms with Gasteiger partial charge in [0.25, 0.3) is 0 Å². The van der Waals surface area contributed by atoms with E-state index in [4.69, 9.17) is 32.9 Å². The van der Waals surface area contributed by atoms with Gasteiger partial charge in [0.05, 0.1) is 16.4 Å². The van der Waals surface area contributed by atoms with Crippen molar-refractivity contribution in [3.8, 4) is 39.5 Å². The monoisotopic (exact) mass is 548 g/mol. The second kappa shape index (κ2) is 9.89. The van der Waals surface area contributed by atoms with Crippen molar-refractivity contribution in [3.63, 3.8) is 0 Å². The Kier molecular flexibility index (Phi) is 6.75. The number of amides is 1. The average molecular weight is 549 g/mol. The molecule has 2 aromatic carbocycles. The van der Waals surface area contributed by atoms with Gasteiger partial charge in [0.15, 0.2) is 11.9 Å². The maximum absolute atomic E-state index is 13.3. The van der Waals surface area contributed by atoms with Crippen molar-refractivity contribution < 1.29 is 14.3 Å². The molecule has 2 unspecified atom stereocenters. The molecule has 194 valence electrons. The quantitative estimate of drug-likeness (QED) is 0.290. The number of aromatic nitrogens is 3. The molecular formula is C29H26Cl2N4O3. The molecule has 0 radical (unpaired) electrons. The first-order chi connectivity index (χ1) is 18.0. The van der Waals surface area contributed by atoms with Crippen LogP contribution in [0, 0.1) is 5.41 Å². The third-order valence-corrected chi connectivity index (χ3v) is 7.00. The van der Waals surface area contributed by atoms with Crippen LogP contribution in [0.1, 0.15) is 39.3 Å². The predicted octanol–water partition coefficient (Wildman–Crippen LogP) is 6.67. The van der Waals surface area contributed by atoms with E-state index in [1.54, 1.807) is 18.3 Å². The van der Waals surface area contributed by atoms with Gasteiger partial charge in [-0.1, -0.05) is 68.2 Å². The van der Waals surface area contributed by atoms with Crippen LogP contribution >= 0.6 is 23.2 Å². The summed E-state index contributed by atoms with van der Waals surface area (Å²) < 4.78 is 6.15. The minimum atomic E-state index is -0.909. The first-order valence-electron chi connectivity index (χ1n) is 12.1. The normalized spacial score (nSPS) is 16.6. The molecule has 38 heavy (non-hydrogen) atoms.